The average Bonchev–Trinajstić information content (AvgIpc) is 2.41. The van der Waals surface area contributed by atoms with Crippen LogP contribution in [-0.2, 0) is 0 Å². The van der Waals surface area contributed by atoms with Crippen molar-refractivity contribution in [3.8, 4) is 0 Å². The number of carbonyl (C=O) groups excluding carboxylic acids is 1. The Hall–Kier alpha value is -1.18. The highest BCUT2D eigenvalue weighted by Crippen LogP contribution is 2.15. The summed E-state index contributed by atoms with van der Waals surface area (Å²) in [4.78, 5) is 12.0. The number of nitrogens with one attached hydrogen (secondary N) is 2. The molecular formula is C14H10ClIN2OS. The summed E-state index contributed by atoms with van der Waals surface area (Å²) in [5.41, 5.74) is 1.20. The molecule has 0 aliphatic carbocycles. The molecule has 0 saturated heterocycles. The van der Waals surface area contributed by atoms with Crippen LogP contribution in [0.5, 0.6) is 0 Å². The predicted molar refractivity (Wildman–Crippen MR) is 94.3 cm³/mol. The molecule has 3 nitrogen and oxygen atoms in total. The van der Waals surface area contributed by atoms with Crippen molar-refractivity contribution in [1.29, 1.82) is 0 Å². The van der Waals surface area contributed by atoms with Crippen molar-refractivity contribution >= 4 is 63.1 Å². The van der Waals surface area contributed by atoms with Gasteiger partial charge in [-0.15, -0.1) is 0 Å². The summed E-state index contributed by atoms with van der Waals surface area (Å²) in [5, 5.41) is 6.16. The first-order valence-electron chi connectivity index (χ1n) is 5.68. The number of halogens is 2. The van der Waals surface area contributed by atoms with Gasteiger partial charge in [-0.3, -0.25) is 10.1 Å². The van der Waals surface area contributed by atoms with Gasteiger partial charge in [0.15, 0.2) is 5.11 Å². The summed E-state index contributed by atoms with van der Waals surface area (Å²) in [5.74, 6) is -0.335. The van der Waals surface area contributed by atoms with Crippen molar-refractivity contribution in [3.63, 3.8) is 0 Å². The zero-order chi connectivity index (χ0) is 14.5. The molecule has 0 heterocycles. The van der Waals surface area contributed by atoms with Crippen LogP contribution in [0.4, 0.5) is 5.69 Å². The first-order chi connectivity index (χ1) is 9.56. The highest BCUT2D eigenvalue weighted by atomic mass is 127. The number of anilines is 1. The molecule has 20 heavy (non-hydrogen) atoms. The second-order valence-electron chi connectivity index (χ2n) is 3.89. The SMILES string of the molecule is O=C(NC(=S)Nc1ccc(I)cc1)c1ccccc1Cl. The van der Waals surface area contributed by atoms with Gasteiger partial charge in [0.05, 0.1) is 10.6 Å². The molecule has 0 aliphatic heterocycles. The minimum Gasteiger partial charge on any atom is -0.332 e. The molecule has 2 N–H and O–H groups in total. The van der Waals surface area contributed by atoms with Crippen LogP contribution in [0.15, 0.2) is 48.5 Å². The van der Waals surface area contributed by atoms with Gasteiger partial charge in [-0.1, -0.05) is 23.7 Å². The smallest absolute Gasteiger partial charge is 0.258 e. The molecule has 102 valence electrons. The molecular weight excluding hydrogens is 407 g/mol. The third-order valence-electron chi connectivity index (χ3n) is 2.45. The molecule has 0 aromatic heterocycles. The van der Waals surface area contributed by atoms with Gasteiger partial charge in [-0.25, -0.2) is 0 Å². The molecule has 0 fully saturated rings. The largest absolute Gasteiger partial charge is 0.332 e. The van der Waals surface area contributed by atoms with E-state index >= 15 is 0 Å². The summed E-state index contributed by atoms with van der Waals surface area (Å²) in [6.45, 7) is 0. The zero-order valence-corrected chi connectivity index (χ0v) is 13.9. The summed E-state index contributed by atoms with van der Waals surface area (Å²) in [7, 11) is 0. The lowest BCUT2D eigenvalue weighted by atomic mass is 10.2. The minimum absolute atomic E-state index is 0.233. The monoisotopic (exact) mass is 416 g/mol. The number of hydrogen-bond acceptors (Lipinski definition) is 2. The molecule has 2 aromatic carbocycles. The van der Waals surface area contributed by atoms with Gasteiger partial charge >= 0.3 is 0 Å². The highest BCUT2D eigenvalue weighted by Gasteiger charge is 2.10. The fourth-order valence-electron chi connectivity index (χ4n) is 1.51. The normalized spacial score (nSPS) is 9.90. The summed E-state index contributed by atoms with van der Waals surface area (Å²) in [6.07, 6.45) is 0. The third kappa shape index (κ3) is 4.16. The summed E-state index contributed by atoms with van der Waals surface area (Å²) < 4.78 is 1.12. The minimum atomic E-state index is -0.335. The maximum atomic E-state index is 12.0. The van der Waals surface area contributed by atoms with Crippen molar-refractivity contribution in [3.05, 3.63) is 62.7 Å². The van der Waals surface area contributed by atoms with E-state index in [9.17, 15) is 4.79 Å². The second-order valence-corrected chi connectivity index (χ2v) is 5.96. The fourth-order valence-corrected chi connectivity index (χ4v) is 2.30. The Morgan fingerprint density at radius 3 is 2.40 bits per heavy atom. The van der Waals surface area contributed by atoms with Crippen LogP contribution in [0.3, 0.4) is 0 Å². The molecule has 0 atom stereocenters. The van der Waals surface area contributed by atoms with E-state index < -0.39 is 0 Å². The molecule has 0 bridgehead atoms. The number of thiocarbonyl (C=S) groups is 1. The van der Waals surface area contributed by atoms with Gasteiger partial charge in [0.1, 0.15) is 0 Å². The summed E-state index contributed by atoms with van der Waals surface area (Å²) >= 11 is 13.3. The van der Waals surface area contributed by atoms with E-state index in [1.165, 1.54) is 0 Å². The number of carbonyl (C=O) groups is 1. The molecule has 1 amide bonds. The number of amides is 1. The molecule has 0 aliphatic rings. The molecule has 2 aromatic rings. The van der Waals surface area contributed by atoms with E-state index in [1.807, 2.05) is 24.3 Å². The van der Waals surface area contributed by atoms with Crippen LogP contribution in [0.1, 0.15) is 10.4 Å². The van der Waals surface area contributed by atoms with Gasteiger partial charge in [0, 0.05) is 9.26 Å². The van der Waals surface area contributed by atoms with Crippen molar-refractivity contribution in [2.45, 2.75) is 0 Å². The van der Waals surface area contributed by atoms with E-state index in [-0.39, 0.29) is 11.0 Å². The molecule has 6 heteroatoms. The van der Waals surface area contributed by atoms with Crippen LogP contribution in [0, 0.1) is 3.57 Å². The van der Waals surface area contributed by atoms with Gasteiger partial charge < -0.3 is 5.32 Å². The summed E-state index contributed by atoms with van der Waals surface area (Å²) in [6, 6.07) is 14.5. The van der Waals surface area contributed by atoms with Crippen LogP contribution < -0.4 is 10.6 Å². The average molecular weight is 417 g/mol. The Bertz CT molecular complexity index is 646. The molecule has 0 saturated carbocycles. The van der Waals surface area contributed by atoms with Crippen molar-refractivity contribution in [2.75, 3.05) is 5.32 Å². The molecule has 2 rings (SSSR count). The standard InChI is InChI=1S/C14H10ClIN2OS/c15-12-4-2-1-3-11(12)13(19)18-14(20)17-10-7-5-9(16)6-8-10/h1-8H,(H2,17,18,19,20). The van der Waals surface area contributed by atoms with Gasteiger partial charge in [-0.05, 0) is 71.2 Å². The molecule has 0 spiro atoms. The first kappa shape index (κ1) is 15.2. The highest BCUT2D eigenvalue weighted by molar-refractivity contribution is 14.1. The quantitative estimate of drug-likeness (QED) is 0.573. The lowest BCUT2D eigenvalue weighted by Gasteiger charge is -2.10. The van der Waals surface area contributed by atoms with Gasteiger partial charge in [-0.2, -0.15) is 0 Å². The second kappa shape index (κ2) is 7.01. The van der Waals surface area contributed by atoms with E-state index in [0.29, 0.717) is 10.6 Å². The van der Waals surface area contributed by atoms with E-state index in [1.54, 1.807) is 24.3 Å². The Labute approximate surface area is 140 Å². The van der Waals surface area contributed by atoms with Crippen LogP contribution >= 0.6 is 46.4 Å². The third-order valence-corrected chi connectivity index (χ3v) is 3.70. The Morgan fingerprint density at radius 1 is 1.10 bits per heavy atom. The maximum absolute atomic E-state index is 12.0. The van der Waals surface area contributed by atoms with Crippen molar-refractivity contribution in [2.24, 2.45) is 0 Å². The lowest BCUT2D eigenvalue weighted by Crippen LogP contribution is -2.34. The first-order valence-corrected chi connectivity index (χ1v) is 7.55. The topological polar surface area (TPSA) is 41.1 Å². The maximum Gasteiger partial charge on any atom is 0.258 e. The van der Waals surface area contributed by atoms with E-state index in [2.05, 4.69) is 33.2 Å². The predicted octanol–water partition coefficient (Wildman–Crippen LogP) is 4.07. The van der Waals surface area contributed by atoms with E-state index in [0.717, 1.165) is 9.26 Å². The Balaban J connectivity index is 2.00. The van der Waals surface area contributed by atoms with Crippen molar-refractivity contribution < 1.29 is 4.79 Å². The number of benzene rings is 2. The van der Waals surface area contributed by atoms with Gasteiger partial charge in [0.2, 0.25) is 0 Å². The zero-order valence-electron chi connectivity index (χ0n) is 10.2. The van der Waals surface area contributed by atoms with Crippen molar-refractivity contribution in [1.82, 2.24) is 5.32 Å². The number of rotatable bonds is 2. The van der Waals surface area contributed by atoms with Gasteiger partial charge in [0.25, 0.3) is 5.91 Å². The number of hydrogen-bond donors (Lipinski definition) is 2. The fraction of sp³-hybridized carbons (Fsp3) is 0. The van der Waals surface area contributed by atoms with Crippen LogP contribution in [0.2, 0.25) is 5.02 Å². The van der Waals surface area contributed by atoms with Crippen LogP contribution in [-0.4, -0.2) is 11.0 Å². The molecule has 0 radical (unpaired) electrons. The lowest BCUT2D eigenvalue weighted by molar-refractivity contribution is 0.0978. The Morgan fingerprint density at radius 2 is 1.75 bits per heavy atom. The molecule has 0 unspecified atom stereocenters. The van der Waals surface area contributed by atoms with E-state index in [4.69, 9.17) is 23.8 Å². The van der Waals surface area contributed by atoms with Crippen LogP contribution in [0.25, 0.3) is 0 Å². The Kier molecular flexibility index (Phi) is 5.33.